The van der Waals surface area contributed by atoms with Gasteiger partial charge in [-0.05, 0) is 59.4 Å². The number of pyridine rings is 2. The third-order valence-electron chi connectivity index (χ3n) is 4.67. The Morgan fingerprint density at radius 1 is 1.15 bits per heavy atom. The molecule has 0 amide bonds. The molecule has 2 heterocycles. The molecular weight excluding hydrogens is 330 g/mol. The van der Waals surface area contributed by atoms with Crippen LogP contribution in [0.25, 0.3) is 16.6 Å². The molecule has 0 saturated heterocycles. The lowest BCUT2D eigenvalue weighted by Crippen LogP contribution is -2.24. The topological polar surface area (TPSA) is 68.0 Å². The van der Waals surface area contributed by atoms with Crippen LogP contribution in [0.15, 0.2) is 47.4 Å². The van der Waals surface area contributed by atoms with Gasteiger partial charge in [0, 0.05) is 6.20 Å². The summed E-state index contributed by atoms with van der Waals surface area (Å²) in [4.78, 5) is 24.0. The maximum atomic E-state index is 12.6. The minimum atomic E-state index is -1.21. The summed E-state index contributed by atoms with van der Waals surface area (Å²) in [5, 5.41) is 9.36. The summed E-state index contributed by atoms with van der Waals surface area (Å²) in [5.41, 5.74) is 3.84. The molecule has 0 atom stereocenters. The number of benzene rings is 1. The molecule has 5 nitrogen and oxygen atoms in total. The van der Waals surface area contributed by atoms with Crippen molar-refractivity contribution in [1.82, 2.24) is 4.40 Å². The second-order valence-electron chi connectivity index (χ2n) is 6.58. The lowest BCUT2D eigenvalue weighted by Gasteiger charge is -2.17. The molecule has 0 radical (unpaired) electrons. The fraction of sp³-hybridized carbons (Fsp3) is 0.238. The first-order valence-corrected chi connectivity index (χ1v) is 8.41. The molecule has 26 heavy (non-hydrogen) atoms. The second kappa shape index (κ2) is 6.67. The lowest BCUT2D eigenvalue weighted by atomic mass is 9.94. The van der Waals surface area contributed by atoms with Crippen LogP contribution in [0, 0.1) is 6.92 Å². The van der Waals surface area contributed by atoms with E-state index >= 15 is 0 Å². The lowest BCUT2D eigenvalue weighted by molar-refractivity contribution is 0.0694. The summed E-state index contributed by atoms with van der Waals surface area (Å²) in [7, 11) is 1.62. The first kappa shape index (κ1) is 17.7. The summed E-state index contributed by atoms with van der Waals surface area (Å²) in [6, 6.07) is 11.1. The summed E-state index contributed by atoms with van der Waals surface area (Å²) in [6.45, 7) is 5.94. The predicted octanol–water partition coefficient (Wildman–Crippen LogP) is 4.11. The van der Waals surface area contributed by atoms with E-state index in [0.29, 0.717) is 0 Å². The number of fused-ring (bicyclic) bond motifs is 1. The van der Waals surface area contributed by atoms with Gasteiger partial charge in [-0.3, -0.25) is 9.20 Å². The van der Waals surface area contributed by atoms with Crippen LogP contribution in [0.1, 0.15) is 41.3 Å². The number of aromatic nitrogens is 1. The molecule has 3 aromatic rings. The number of carboxylic acids is 1. The highest BCUT2D eigenvalue weighted by Crippen LogP contribution is 2.31. The van der Waals surface area contributed by atoms with E-state index in [9.17, 15) is 14.7 Å². The standard InChI is InChI=1S/C21H21NO4/c1-12(2)17-11-18(21(24)25)20(23)22-10-9-16(13(3)19(17)22)14-5-7-15(26-4)8-6-14/h5-12H,1-4H3,(H,24,25). The van der Waals surface area contributed by atoms with Crippen molar-refractivity contribution in [3.05, 3.63) is 69.6 Å². The van der Waals surface area contributed by atoms with Crippen LogP contribution in [0.3, 0.4) is 0 Å². The zero-order chi connectivity index (χ0) is 19.0. The average molecular weight is 351 g/mol. The molecule has 0 fully saturated rings. The van der Waals surface area contributed by atoms with Gasteiger partial charge in [0.1, 0.15) is 11.3 Å². The largest absolute Gasteiger partial charge is 0.497 e. The maximum Gasteiger partial charge on any atom is 0.341 e. The number of aryl methyl sites for hydroxylation is 1. The van der Waals surface area contributed by atoms with Crippen molar-refractivity contribution in [2.24, 2.45) is 0 Å². The van der Waals surface area contributed by atoms with Gasteiger partial charge in [-0.1, -0.05) is 26.0 Å². The van der Waals surface area contributed by atoms with Crippen LogP contribution in [0.2, 0.25) is 0 Å². The number of methoxy groups -OCH3 is 1. The van der Waals surface area contributed by atoms with Crippen LogP contribution in [0.5, 0.6) is 5.75 Å². The Balaban J connectivity index is 2.34. The summed E-state index contributed by atoms with van der Waals surface area (Å²) >= 11 is 0. The van der Waals surface area contributed by atoms with Crippen molar-refractivity contribution in [3.8, 4) is 16.9 Å². The highest BCUT2D eigenvalue weighted by Gasteiger charge is 2.19. The van der Waals surface area contributed by atoms with Gasteiger partial charge in [-0.2, -0.15) is 0 Å². The zero-order valence-corrected chi connectivity index (χ0v) is 15.2. The Kier molecular flexibility index (Phi) is 4.55. The van der Waals surface area contributed by atoms with Crippen molar-refractivity contribution < 1.29 is 14.6 Å². The van der Waals surface area contributed by atoms with Crippen LogP contribution < -0.4 is 10.3 Å². The third-order valence-corrected chi connectivity index (χ3v) is 4.67. The molecule has 0 aliphatic rings. The van der Waals surface area contributed by atoms with Gasteiger partial charge in [0.2, 0.25) is 0 Å². The van der Waals surface area contributed by atoms with E-state index in [1.807, 2.05) is 51.1 Å². The molecule has 134 valence electrons. The Bertz CT molecular complexity index is 1050. The molecular formula is C21H21NO4. The van der Waals surface area contributed by atoms with E-state index in [1.54, 1.807) is 13.3 Å². The van der Waals surface area contributed by atoms with Crippen LogP contribution >= 0.6 is 0 Å². The molecule has 0 saturated carbocycles. The summed E-state index contributed by atoms with van der Waals surface area (Å²) in [5.74, 6) is -0.353. The number of hydrogen-bond acceptors (Lipinski definition) is 3. The number of carboxylic acid groups (broad SMARTS) is 1. The molecule has 0 aliphatic carbocycles. The minimum absolute atomic E-state index is 0.0773. The quantitative estimate of drug-likeness (QED) is 0.768. The number of rotatable bonds is 4. The molecule has 2 aromatic heterocycles. The monoisotopic (exact) mass is 351 g/mol. The average Bonchev–Trinajstić information content (AvgIpc) is 2.62. The molecule has 0 unspecified atom stereocenters. The van der Waals surface area contributed by atoms with E-state index in [1.165, 1.54) is 10.5 Å². The maximum absolute atomic E-state index is 12.6. The third kappa shape index (κ3) is 2.86. The number of carbonyl (C=O) groups is 1. The molecule has 3 rings (SSSR count). The highest BCUT2D eigenvalue weighted by molar-refractivity contribution is 5.89. The fourth-order valence-corrected chi connectivity index (χ4v) is 3.27. The fourth-order valence-electron chi connectivity index (χ4n) is 3.27. The molecule has 1 N–H and O–H groups in total. The van der Waals surface area contributed by atoms with E-state index in [4.69, 9.17) is 4.74 Å². The van der Waals surface area contributed by atoms with E-state index in [0.717, 1.165) is 33.5 Å². The zero-order valence-electron chi connectivity index (χ0n) is 15.2. The van der Waals surface area contributed by atoms with Gasteiger partial charge in [-0.15, -0.1) is 0 Å². The van der Waals surface area contributed by atoms with E-state index in [-0.39, 0.29) is 11.5 Å². The Morgan fingerprint density at radius 3 is 2.35 bits per heavy atom. The number of aromatic carboxylic acids is 1. The van der Waals surface area contributed by atoms with Gasteiger partial charge >= 0.3 is 5.97 Å². The Labute approximate surface area is 151 Å². The smallest absolute Gasteiger partial charge is 0.341 e. The van der Waals surface area contributed by atoms with Crippen molar-refractivity contribution in [1.29, 1.82) is 0 Å². The number of hydrogen-bond donors (Lipinski definition) is 1. The molecule has 0 spiro atoms. The van der Waals surface area contributed by atoms with Gasteiger partial charge in [0.15, 0.2) is 0 Å². The van der Waals surface area contributed by atoms with Crippen molar-refractivity contribution in [3.63, 3.8) is 0 Å². The van der Waals surface area contributed by atoms with Gasteiger partial charge < -0.3 is 9.84 Å². The van der Waals surface area contributed by atoms with Crippen molar-refractivity contribution in [2.45, 2.75) is 26.7 Å². The van der Waals surface area contributed by atoms with E-state index in [2.05, 4.69) is 0 Å². The van der Waals surface area contributed by atoms with E-state index < -0.39 is 11.5 Å². The highest BCUT2D eigenvalue weighted by atomic mass is 16.5. The minimum Gasteiger partial charge on any atom is -0.497 e. The normalized spacial score (nSPS) is 11.1. The first-order valence-electron chi connectivity index (χ1n) is 8.41. The van der Waals surface area contributed by atoms with Crippen molar-refractivity contribution in [2.75, 3.05) is 7.11 Å². The van der Waals surface area contributed by atoms with Crippen molar-refractivity contribution >= 4 is 11.5 Å². The Morgan fingerprint density at radius 2 is 1.81 bits per heavy atom. The second-order valence-corrected chi connectivity index (χ2v) is 6.58. The number of nitrogens with zero attached hydrogens (tertiary/aromatic N) is 1. The molecule has 0 bridgehead atoms. The first-order chi connectivity index (χ1) is 12.3. The molecule has 1 aromatic carbocycles. The summed E-state index contributed by atoms with van der Waals surface area (Å²) < 4.78 is 6.65. The van der Waals surface area contributed by atoms with Crippen LogP contribution in [-0.4, -0.2) is 22.6 Å². The van der Waals surface area contributed by atoms with Gasteiger partial charge in [0.25, 0.3) is 5.56 Å². The summed E-state index contributed by atoms with van der Waals surface area (Å²) in [6.07, 6.45) is 1.66. The van der Waals surface area contributed by atoms with Crippen LogP contribution in [-0.2, 0) is 0 Å². The SMILES string of the molecule is COc1ccc(-c2ccn3c(=O)c(C(=O)O)cc(C(C)C)c3c2C)cc1. The molecule has 0 aliphatic heterocycles. The predicted molar refractivity (Wildman–Crippen MR) is 101 cm³/mol. The Hall–Kier alpha value is -3.08. The number of ether oxygens (including phenoxy) is 1. The van der Waals surface area contributed by atoms with Gasteiger partial charge in [-0.25, -0.2) is 4.79 Å². The molecule has 5 heteroatoms. The van der Waals surface area contributed by atoms with Gasteiger partial charge in [0.05, 0.1) is 12.6 Å². The van der Waals surface area contributed by atoms with Crippen LogP contribution in [0.4, 0.5) is 0 Å².